The Balaban J connectivity index is 1.74. The minimum atomic E-state index is 0.0380. The fourth-order valence-corrected chi connectivity index (χ4v) is 4.12. The lowest BCUT2D eigenvalue weighted by Crippen LogP contribution is -2.23. The van der Waals surface area contributed by atoms with Gasteiger partial charge in [0.15, 0.2) is 5.16 Å². The molecule has 0 N–H and O–H groups in total. The van der Waals surface area contributed by atoms with Crippen LogP contribution in [0.2, 0.25) is 0 Å². The number of thioether (sulfide) groups is 1. The summed E-state index contributed by atoms with van der Waals surface area (Å²) in [6, 6.07) is 17.8. The first-order valence-electron chi connectivity index (χ1n) is 8.73. The van der Waals surface area contributed by atoms with Gasteiger partial charge in [0.1, 0.15) is 0 Å². The van der Waals surface area contributed by atoms with Crippen molar-refractivity contribution < 1.29 is 0 Å². The summed E-state index contributed by atoms with van der Waals surface area (Å²) in [4.78, 5) is 22.1. The first-order valence-corrected chi connectivity index (χ1v) is 9.71. The Morgan fingerprint density at radius 2 is 1.88 bits per heavy atom. The third kappa shape index (κ3) is 3.10. The highest BCUT2D eigenvalue weighted by Crippen LogP contribution is 2.26. The second-order valence-electron chi connectivity index (χ2n) is 6.15. The molecule has 0 radical (unpaired) electrons. The highest BCUT2D eigenvalue weighted by atomic mass is 32.2. The second kappa shape index (κ2) is 7.30. The molecule has 0 saturated carbocycles. The van der Waals surface area contributed by atoms with E-state index in [0.717, 1.165) is 39.3 Å². The Morgan fingerprint density at radius 3 is 2.77 bits per heavy atom. The summed E-state index contributed by atoms with van der Waals surface area (Å²) < 4.78 is 1.80. The van der Waals surface area contributed by atoms with Gasteiger partial charge in [0.2, 0.25) is 0 Å². The Kier molecular flexibility index (Phi) is 4.71. The van der Waals surface area contributed by atoms with Crippen molar-refractivity contribution in [2.45, 2.75) is 30.8 Å². The van der Waals surface area contributed by atoms with Crippen LogP contribution in [0, 0.1) is 0 Å². The predicted molar refractivity (Wildman–Crippen MR) is 108 cm³/mol. The molecule has 0 aliphatic carbocycles. The molecule has 0 unspecified atom stereocenters. The van der Waals surface area contributed by atoms with Crippen molar-refractivity contribution >= 4 is 33.6 Å². The molecule has 0 aliphatic heterocycles. The summed E-state index contributed by atoms with van der Waals surface area (Å²) >= 11 is 1.60. The molecular weight excluding hydrogens is 342 g/mol. The lowest BCUT2D eigenvalue weighted by atomic mass is 10.1. The van der Waals surface area contributed by atoms with Gasteiger partial charge in [-0.15, -0.1) is 0 Å². The third-order valence-electron chi connectivity index (χ3n) is 4.35. The average Bonchev–Trinajstić information content (AvgIpc) is 2.69. The lowest BCUT2D eigenvalue weighted by Gasteiger charge is -2.12. The van der Waals surface area contributed by atoms with E-state index < -0.39 is 0 Å². The molecule has 0 atom stereocenters. The topological polar surface area (TPSA) is 47.8 Å². The number of para-hydroxylation sites is 2. The van der Waals surface area contributed by atoms with Gasteiger partial charge in [-0.2, -0.15) is 0 Å². The minimum Gasteiger partial charge on any atom is -0.287 e. The van der Waals surface area contributed by atoms with E-state index >= 15 is 0 Å². The molecule has 2 heterocycles. The van der Waals surface area contributed by atoms with Crippen LogP contribution in [0.15, 0.2) is 70.7 Å². The highest BCUT2D eigenvalue weighted by molar-refractivity contribution is 7.98. The van der Waals surface area contributed by atoms with Crippen LogP contribution >= 0.6 is 11.8 Å². The van der Waals surface area contributed by atoms with Crippen molar-refractivity contribution in [1.82, 2.24) is 14.5 Å². The molecular formula is C21H19N3OS. The Labute approximate surface area is 155 Å². The van der Waals surface area contributed by atoms with Crippen LogP contribution in [0.1, 0.15) is 18.9 Å². The fraction of sp³-hybridized carbons (Fsp3) is 0.190. The number of fused-ring (bicyclic) bond motifs is 2. The maximum Gasteiger partial charge on any atom is 0.262 e. The zero-order valence-electron chi connectivity index (χ0n) is 14.6. The van der Waals surface area contributed by atoms with Crippen molar-refractivity contribution in [3.8, 4) is 0 Å². The van der Waals surface area contributed by atoms with Gasteiger partial charge < -0.3 is 0 Å². The molecule has 0 bridgehead atoms. The van der Waals surface area contributed by atoms with Gasteiger partial charge in [-0.25, -0.2) is 4.98 Å². The summed E-state index contributed by atoms with van der Waals surface area (Å²) in [5.74, 6) is 0.725. The number of hydrogen-bond donors (Lipinski definition) is 0. The number of pyridine rings is 1. The zero-order chi connectivity index (χ0) is 17.9. The number of rotatable bonds is 5. The SMILES string of the molecule is CCCn1c(SCc2cccc3cccnc23)nc2ccccc2c1=O. The molecule has 4 aromatic rings. The van der Waals surface area contributed by atoms with E-state index in [4.69, 9.17) is 4.98 Å². The monoisotopic (exact) mass is 361 g/mol. The molecule has 130 valence electrons. The number of benzene rings is 2. The van der Waals surface area contributed by atoms with Gasteiger partial charge in [-0.1, -0.05) is 55.1 Å². The highest BCUT2D eigenvalue weighted by Gasteiger charge is 2.12. The standard InChI is InChI=1S/C21H19N3OS/c1-2-13-24-20(25)17-10-3-4-11-18(17)23-21(24)26-14-16-8-5-7-15-9-6-12-22-19(15)16/h3-12H,2,13-14H2,1H3. The first kappa shape index (κ1) is 16.8. The van der Waals surface area contributed by atoms with Crippen LogP contribution in [-0.4, -0.2) is 14.5 Å². The summed E-state index contributed by atoms with van der Waals surface area (Å²) in [6.45, 7) is 2.75. The summed E-state index contributed by atoms with van der Waals surface area (Å²) in [6.07, 6.45) is 2.71. The van der Waals surface area contributed by atoms with Crippen LogP contribution in [0.25, 0.3) is 21.8 Å². The van der Waals surface area contributed by atoms with Gasteiger partial charge >= 0.3 is 0 Å². The van der Waals surface area contributed by atoms with E-state index in [-0.39, 0.29) is 5.56 Å². The first-order chi connectivity index (χ1) is 12.8. The molecule has 2 aromatic heterocycles. The van der Waals surface area contributed by atoms with Crippen molar-refractivity contribution in [3.05, 3.63) is 76.7 Å². The Bertz CT molecular complexity index is 1130. The van der Waals surface area contributed by atoms with Crippen LogP contribution in [0.5, 0.6) is 0 Å². The number of hydrogen-bond acceptors (Lipinski definition) is 4. The molecule has 0 amide bonds. The quantitative estimate of drug-likeness (QED) is 0.383. The van der Waals surface area contributed by atoms with Crippen molar-refractivity contribution in [3.63, 3.8) is 0 Å². The van der Waals surface area contributed by atoms with E-state index in [0.29, 0.717) is 11.9 Å². The van der Waals surface area contributed by atoms with Crippen molar-refractivity contribution in [2.75, 3.05) is 0 Å². The second-order valence-corrected chi connectivity index (χ2v) is 7.09. The van der Waals surface area contributed by atoms with Crippen LogP contribution in [0.3, 0.4) is 0 Å². The van der Waals surface area contributed by atoms with Crippen molar-refractivity contribution in [1.29, 1.82) is 0 Å². The summed E-state index contributed by atoms with van der Waals surface area (Å²) in [5, 5.41) is 2.57. The molecule has 0 saturated heterocycles. The molecule has 26 heavy (non-hydrogen) atoms. The van der Waals surface area contributed by atoms with E-state index in [2.05, 4.69) is 30.1 Å². The lowest BCUT2D eigenvalue weighted by molar-refractivity contribution is 0.585. The van der Waals surface area contributed by atoms with E-state index in [1.54, 1.807) is 16.3 Å². The van der Waals surface area contributed by atoms with E-state index in [9.17, 15) is 4.79 Å². The molecule has 2 aromatic carbocycles. The minimum absolute atomic E-state index is 0.0380. The number of aromatic nitrogens is 3. The molecule has 0 aliphatic rings. The van der Waals surface area contributed by atoms with E-state index in [1.165, 1.54) is 0 Å². The summed E-state index contributed by atoms with van der Waals surface area (Å²) in [5.41, 5.74) is 2.95. The van der Waals surface area contributed by atoms with Crippen molar-refractivity contribution in [2.24, 2.45) is 0 Å². The van der Waals surface area contributed by atoms with Gasteiger partial charge in [-0.3, -0.25) is 14.3 Å². The molecule has 0 fully saturated rings. The van der Waals surface area contributed by atoms with E-state index in [1.807, 2.05) is 42.6 Å². The van der Waals surface area contributed by atoms with Crippen LogP contribution < -0.4 is 5.56 Å². The number of nitrogens with zero attached hydrogens (tertiary/aromatic N) is 3. The van der Waals surface area contributed by atoms with Gasteiger partial charge in [0.05, 0.1) is 16.4 Å². The Morgan fingerprint density at radius 1 is 1.04 bits per heavy atom. The van der Waals surface area contributed by atoms with Gasteiger partial charge in [0, 0.05) is 23.9 Å². The zero-order valence-corrected chi connectivity index (χ0v) is 15.4. The molecule has 4 nitrogen and oxygen atoms in total. The maximum atomic E-state index is 12.9. The largest absolute Gasteiger partial charge is 0.287 e. The predicted octanol–water partition coefficient (Wildman–Crippen LogP) is 4.65. The summed E-state index contributed by atoms with van der Waals surface area (Å²) in [7, 11) is 0. The van der Waals surface area contributed by atoms with Gasteiger partial charge in [-0.05, 0) is 30.2 Å². The third-order valence-corrected chi connectivity index (χ3v) is 5.37. The smallest absolute Gasteiger partial charge is 0.262 e. The van der Waals surface area contributed by atoms with Crippen LogP contribution in [-0.2, 0) is 12.3 Å². The normalized spacial score (nSPS) is 11.3. The molecule has 0 spiro atoms. The Hall–Kier alpha value is -2.66. The average molecular weight is 361 g/mol. The van der Waals surface area contributed by atoms with Crippen LogP contribution in [0.4, 0.5) is 0 Å². The van der Waals surface area contributed by atoms with Gasteiger partial charge in [0.25, 0.3) is 5.56 Å². The molecule has 5 heteroatoms. The maximum absolute atomic E-state index is 12.9. The fourth-order valence-electron chi connectivity index (χ4n) is 3.10. The molecule has 4 rings (SSSR count).